The Kier molecular flexibility index (Phi) is 5.80. The van der Waals surface area contributed by atoms with Gasteiger partial charge in [-0.25, -0.2) is 0 Å². The van der Waals surface area contributed by atoms with E-state index in [4.69, 9.17) is 0 Å². The van der Waals surface area contributed by atoms with Crippen molar-refractivity contribution in [1.82, 2.24) is 10.2 Å². The molecule has 1 aromatic carbocycles. The van der Waals surface area contributed by atoms with E-state index >= 15 is 0 Å². The van der Waals surface area contributed by atoms with Crippen molar-refractivity contribution in [2.45, 2.75) is 44.4 Å². The Bertz CT molecular complexity index is 440. The van der Waals surface area contributed by atoms with Crippen molar-refractivity contribution in [3.63, 3.8) is 0 Å². The highest BCUT2D eigenvalue weighted by Crippen LogP contribution is 2.43. The van der Waals surface area contributed by atoms with Crippen LogP contribution in [0.2, 0.25) is 0 Å². The van der Waals surface area contributed by atoms with Crippen molar-refractivity contribution in [3.05, 3.63) is 35.9 Å². The first-order valence-electron chi connectivity index (χ1n) is 8.17. The third-order valence-electron chi connectivity index (χ3n) is 4.63. The third kappa shape index (κ3) is 4.31. The van der Waals surface area contributed by atoms with Crippen LogP contribution in [0.25, 0.3) is 0 Å². The van der Waals surface area contributed by atoms with Gasteiger partial charge in [0.25, 0.3) is 0 Å². The second-order valence-corrected chi connectivity index (χ2v) is 6.37. The van der Waals surface area contributed by atoms with Crippen LogP contribution in [-0.4, -0.2) is 37.5 Å². The Hall–Kier alpha value is -1.35. The number of benzene rings is 1. The summed E-state index contributed by atoms with van der Waals surface area (Å²) in [6.45, 7) is 4.45. The first-order chi connectivity index (χ1) is 10.2. The molecule has 1 aliphatic carbocycles. The second kappa shape index (κ2) is 7.60. The lowest BCUT2D eigenvalue weighted by molar-refractivity contribution is -0.122. The first-order valence-corrected chi connectivity index (χ1v) is 8.17. The van der Waals surface area contributed by atoms with Crippen molar-refractivity contribution in [2.24, 2.45) is 0 Å². The van der Waals surface area contributed by atoms with Gasteiger partial charge in [-0.15, -0.1) is 0 Å². The minimum atomic E-state index is 0.149. The summed E-state index contributed by atoms with van der Waals surface area (Å²) in [5.41, 5.74) is 1.55. The number of carbonyl (C=O) groups is 1. The Balaban J connectivity index is 1.82. The number of nitrogens with zero attached hydrogens (tertiary/aromatic N) is 1. The lowest BCUT2D eigenvalue weighted by atomic mass is 9.64. The van der Waals surface area contributed by atoms with Gasteiger partial charge in [-0.05, 0) is 38.4 Å². The van der Waals surface area contributed by atoms with E-state index in [0.29, 0.717) is 6.54 Å². The highest BCUT2D eigenvalue weighted by atomic mass is 16.2. The van der Waals surface area contributed by atoms with Crippen molar-refractivity contribution in [1.29, 1.82) is 0 Å². The highest BCUT2D eigenvalue weighted by molar-refractivity contribution is 5.78. The summed E-state index contributed by atoms with van der Waals surface area (Å²) in [5, 5.41) is 3.15. The second-order valence-electron chi connectivity index (χ2n) is 6.37. The SMILES string of the molecule is CCCCN(C)CC(=O)NCC1(c2ccccc2)CCC1. The molecule has 0 unspecified atom stereocenters. The molecule has 0 heterocycles. The maximum atomic E-state index is 12.1. The topological polar surface area (TPSA) is 32.3 Å². The molecule has 1 N–H and O–H groups in total. The van der Waals surface area contributed by atoms with Crippen molar-refractivity contribution >= 4 is 5.91 Å². The number of likely N-dealkylation sites (N-methyl/N-ethyl adjacent to an activating group) is 1. The summed E-state index contributed by atoms with van der Waals surface area (Å²) in [5.74, 6) is 0.149. The minimum Gasteiger partial charge on any atom is -0.354 e. The Morgan fingerprint density at radius 1 is 1.29 bits per heavy atom. The average Bonchev–Trinajstić information content (AvgIpc) is 2.45. The zero-order chi connectivity index (χ0) is 15.1. The van der Waals surface area contributed by atoms with Gasteiger partial charge >= 0.3 is 0 Å². The van der Waals surface area contributed by atoms with Gasteiger partial charge in [0.05, 0.1) is 6.54 Å². The van der Waals surface area contributed by atoms with E-state index in [1.54, 1.807) is 0 Å². The molecule has 3 nitrogen and oxygen atoms in total. The van der Waals surface area contributed by atoms with Crippen LogP contribution in [0.15, 0.2) is 30.3 Å². The molecule has 1 amide bonds. The van der Waals surface area contributed by atoms with Crippen LogP contribution in [0.1, 0.15) is 44.6 Å². The quantitative estimate of drug-likeness (QED) is 0.797. The molecule has 116 valence electrons. The van der Waals surface area contributed by atoms with E-state index < -0.39 is 0 Å². The molecule has 0 spiro atoms. The highest BCUT2D eigenvalue weighted by Gasteiger charge is 2.38. The molecule has 21 heavy (non-hydrogen) atoms. The van der Waals surface area contributed by atoms with Crippen LogP contribution in [0, 0.1) is 0 Å². The number of unbranched alkanes of at least 4 members (excludes halogenated alkanes) is 1. The van der Waals surface area contributed by atoms with E-state index in [2.05, 4.69) is 47.5 Å². The van der Waals surface area contributed by atoms with Crippen molar-refractivity contribution in [2.75, 3.05) is 26.7 Å². The summed E-state index contributed by atoms with van der Waals surface area (Å²) in [6.07, 6.45) is 5.95. The standard InChI is InChI=1S/C18H28N2O/c1-3-4-13-20(2)14-17(21)19-15-18(11-8-12-18)16-9-6-5-7-10-16/h5-7,9-10H,3-4,8,11-15H2,1-2H3,(H,19,21). The van der Waals surface area contributed by atoms with Crippen molar-refractivity contribution in [3.8, 4) is 0 Å². The number of carbonyl (C=O) groups excluding carboxylic acids is 1. The third-order valence-corrected chi connectivity index (χ3v) is 4.63. The van der Waals surface area contributed by atoms with E-state index in [-0.39, 0.29) is 11.3 Å². The van der Waals surface area contributed by atoms with Gasteiger partial charge < -0.3 is 5.32 Å². The molecule has 0 radical (unpaired) electrons. The number of hydrogen-bond acceptors (Lipinski definition) is 2. The van der Waals surface area contributed by atoms with E-state index in [9.17, 15) is 4.79 Å². The monoisotopic (exact) mass is 288 g/mol. The molecule has 1 aliphatic rings. The van der Waals surface area contributed by atoms with Gasteiger partial charge in [0, 0.05) is 12.0 Å². The largest absolute Gasteiger partial charge is 0.354 e. The molecular formula is C18H28N2O. The molecule has 0 saturated heterocycles. The van der Waals surface area contributed by atoms with Gasteiger partial charge in [0.1, 0.15) is 0 Å². The van der Waals surface area contributed by atoms with Crippen LogP contribution in [0.4, 0.5) is 0 Å². The maximum absolute atomic E-state index is 12.1. The van der Waals surface area contributed by atoms with Crippen molar-refractivity contribution < 1.29 is 4.79 Å². The number of nitrogens with one attached hydrogen (secondary N) is 1. The molecule has 1 aromatic rings. The van der Waals surface area contributed by atoms with Crippen LogP contribution in [0.5, 0.6) is 0 Å². The predicted molar refractivity (Wildman–Crippen MR) is 87.4 cm³/mol. The maximum Gasteiger partial charge on any atom is 0.234 e. The van der Waals surface area contributed by atoms with Gasteiger partial charge in [-0.2, -0.15) is 0 Å². The van der Waals surface area contributed by atoms with Crippen LogP contribution in [0.3, 0.4) is 0 Å². The van der Waals surface area contributed by atoms with Crippen LogP contribution >= 0.6 is 0 Å². The van der Waals surface area contributed by atoms with Gasteiger partial charge in [0.2, 0.25) is 5.91 Å². The Morgan fingerprint density at radius 2 is 2.00 bits per heavy atom. The molecule has 0 aliphatic heterocycles. The van der Waals surface area contributed by atoms with E-state index in [1.165, 1.54) is 31.2 Å². The lowest BCUT2D eigenvalue weighted by Crippen LogP contribution is -2.47. The fourth-order valence-electron chi connectivity index (χ4n) is 3.04. The minimum absolute atomic E-state index is 0.149. The predicted octanol–water partition coefficient (Wildman–Crippen LogP) is 2.96. The summed E-state index contributed by atoms with van der Waals surface area (Å²) in [4.78, 5) is 14.2. The first kappa shape index (κ1) is 16.0. The molecule has 0 aromatic heterocycles. The molecule has 1 fully saturated rings. The zero-order valence-corrected chi connectivity index (χ0v) is 13.4. The number of rotatable bonds is 8. The van der Waals surface area contributed by atoms with Gasteiger partial charge in [0.15, 0.2) is 0 Å². The molecular weight excluding hydrogens is 260 g/mol. The molecule has 2 rings (SSSR count). The zero-order valence-electron chi connectivity index (χ0n) is 13.4. The van der Waals surface area contributed by atoms with E-state index in [1.807, 2.05) is 7.05 Å². The summed E-state index contributed by atoms with van der Waals surface area (Å²) in [6, 6.07) is 10.6. The fourth-order valence-corrected chi connectivity index (χ4v) is 3.04. The Morgan fingerprint density at radius 3 is 2.57 bits per heavy atom. The summed E-state index contributed by atoms with van der Waals surface area (Å²) in [7, 11) is 2.02. The van der Waals surface area contributed by atoms with E-state index in [0.717, 1.165) is 19.5 Å². The number of amides is 1. The normalized spacial score (nSPS) is 16.5. The van der Waals surface area contributed by atoms with Gasteiger partial charge in [-0.1, -0.05) is 50.1 Å². The smallest absolute Gasteiger partial charge is 0.234 e. The number of hydrogen-bond donors (Lipinski definition) is 1. The summed E-state index contributed by atoms with van der Waals surface area (Å²) >= 11 is 0. The Labute approximate surface area is 128 Å². The molecule has 0 bridgehead atoms. The lowest BCUT2D eigenvalue weighted by Gasteiger charge is -2.42. The van der Waals surface area contributed by atoms with Crippen LogP contribution < -0.4 is 5.32 Å². The fraction of sp³-hybridized carbons (Fsp3) is 0.611. The molecule has 0 atom stereocenters. The van der Waals surface area contributed by atoms with Gasteiger partial charge in [-0.3, -0.25) is 9.69 Å². The van der Waals surface area contributed by atoms with Crippen LogP contribution in [-0.2, 0) is 10.2 Å². The molecule has 1 saturated carbocycles. The summed E-state index contributed by atoms with van der Waals surface area (Å²) < 4.78 is 0. The molecule has 3 heteroatoms. The average molecular weight is 288 g/mol.